The molecule has 0 aliphatic carbocycles. The number of hydrogen-bond acceptors (Lipinski definition) is 5. The Labute approximate surface area is 131 Å². The van der Waals surface area contributed by atoms with Gasteiger partial charge in [-0.25, -0.2) is 4.79 Å². The van der Waals surface area contributed by atoms with Crippen LogP contribution in [0.1, 0.15) is 6.92 Å². The Bertz CT molecular complexity index is 685. The van der Waals surface area contributed by atoms with Crippen molar-refractivity contribution in [2.75, 3.05) is 7.05 Å². The molecule has 2 rings (SSSR count). The Balaban J connectivity index is 2.07. The summed E-state index contributed by atoms with van der Waals surface area (Å²) in [6, 6.07) is 5.96. The lowest BCUT2D eigenvalue weighted by Gasteiger charge is -2.20. The first kappa shape index (κ1) is 15.9. The van der Waals surface area contributed by atoms with E-state index in [-0.39, 0.29) is 6.54 Å². The lowest BCUT2D eigenvalue weighted by Crippen LogP contribution is -2.42. The number of tetrazole rings is 1. The van der Waals surface area contributed by atoms with Crippen LogP contribution < -0.4 is 0 Å². The van der Waals surface area contributed by atoms with Crippen molar-refractivity contribution in [1.29, 1.82) is 0 Å². The second-order valence-corrected chi connectivity index (χ2v) is 5.11. The summed E-state index contributed by atoms with van der Waals surface area (Å²) in [5, 5.41) is 21.2. The fraction of sp³-hybridized carbons (Fsp3) is 0.308. The molecule has 1 heterocycles. The highest BCUT2D eigenvalue weighted by atomic mass is 35.5. The molecule has 0 spiro atoms. The fourth-order valence-corrected chi connectivity index (χ4v) is 1.76. The predicted octanol–water partition coefficient (Wildman–Crippen LogP) is 0.925. The average Bonchev–Trinajstić information content (AvgIpc) is 2.94. The number of carbonyl (C=O) groups excluding carboxylic acids is 1. The maximum atomic E-state index is 12.0. The molecule has 22 heavy (non-hydrogen) atoms. The van der Waals surface area contributed by atoms with Crippen molar-refractivity contribution < 1.29 is 14.7 Å². The third kappa shape index (κ3) is 3.59. The zero-order valence-corrected chi connectivity index (χ0v) is 12.7. The molecule has 0 aliphatic heterocycles. The normalized spacial score (nSPS) is 12.0. The van der Waals surface area contributed by atoms with E-state index in [1.165, 1.54) is 14.0 Å². The number of halogens is 1. The second-order valence-electron chi connectivity index (χ2n) is 4.67. The number of benzene rings is 1. The topological polar surface area (TPSA) is 101 Å². The Morgan fingerprint density at radius 1 is 1.36 bits per heavy atom. The van der Waals surface area contributed by atoms with Gasteiger partial charge in [-0.15, -0.1) is 10.2 Å². The standard InChI is InChI=1S/C13H14ClN5O3/c1-8(13(21)22)18(2)11(20)7-19-16-12(15-17-19)9-3-5-10(14)6-4-9/h3-6,8H,7H2,1-2H3,(H,21,22). The zero-order chi connectivity index (χ0) is 16.3. The number of likely N-dealkylation sites (N-methyl/N-ethyl adjacent to an activating group) is 1. The molecule has 1 amide bonds. The summed E-state index contributed by atoms with van der Waals surface area (Å²) >= 11 is 5.80. The maximum absolute atomic E-state index is 12.0. The molecule has 2 aromatic rings. The van der Waals surface area contributed by atoms with Crippen molar-refractivity contribution in [3.05, 3.63) is 29.3 Å². The second kappa shape index (κ2) is 6.52. The van der Waals surface area contributed by atoms with E-state index in [0.717, 1.165) is 15.3 Å². The van der Waals surface area contributed by atoms with Gasteiger partial charge in [-0.1, -0.05) is 11.6 Å². The maximum Gasteiger partial charge on any atom is 0.326 e. The molecule has 1 atom stereocenters. The minimum absolute atomic E-state index is 0.186. The largest absolute Gasteiger partial charge is 0.480 e. The number of carboxylic acids is 1. The smallest absolute Gasteiger partial charge is 0.326 e. The highest BCUT2D eigenvalue weighted by molar-refractivity contribution is 6.30. The minimum atomic E-state index is -1.08. The highest BCUT2D eigenvalue weighted by Crippen LogP contribution is 2.16. The molecular weight excluding hydrogens is 310 g/mol. The van der Waals surface area contributed by atoms with Gasteiger partial charge in [0.05, 0.1) is 0 Å². The first-order chi connectivity index (χ1) is 10.4. The van der Waals surface area contributed by atoms with Gasteiger partial charge in [0, 0.05) is 17.6 Å². The van der Waals surface area contributed by atoms with Crippen LogP contribution in [0.5, 0.6) is 0 Å². The van der Waals surface area contributed by atoms with Gasteiger partial charge in [-0.2, -0.15) is 4.80 Å². The number of carbonyl (C=O) groups is 2. The van der Waals surface area contributed by atoms with E-state index in [4.69, 9.17) is 16.7 Å². The molecule has 1 N–H and O–H groups in total. The van der Waals surface area contributed by atoms with Gasteiger partial charge in [-0.05, 0) is 36.4 Å². The quantitative estimate of drug-likeness (QED) is 0.878. The van der Waals surface area contributed by atoms with E-state index < -0.39 is 17.9 Å². The summed E-state index contributed by atoms with van der Waals surface area (Å²) in [5.41, 5.74) is 0.718. The Morgan fingerprint density at radius 2 is 2.00 bits per heavy atom. The van der Waals surface area contributed by atoms with Crippen molar-refractivity contribution in [2.45, 2.75) is 19.5 Å². The Morgan fingerprint density at radius 3 is 2.59 bits per heavy atom. The van der Waals surface area contributed by atoms with Gasteiger partial charge >= 0.3 is 5.97 Å². The number of amides is 1. The first-order valence-corrected chi connectivity index (χ1v) is 6.78. The summed E-state index contributed by atoms with van der Waals surface area (Å²) in [6.07, 6.45) is 0. The fourth-order valence-electron chi connectivity index (χ4n) is 1.64. The number of nitrogens with zero attached hydrogens (tertiary/aromatic N) is 5. The van der Waals surface area contributed by atoms with Crippen LogP contribution in [-0.4, -0.2) is 55.2 Å². The zero-order valence-electron chi connectivity index (χ0n) is 12.0. The molecule has 0 radical (unpaired) electrons. The number of carboxylic acid groups (broad SMARTS) is 1. The van der Waals surface area contributed by atoms with Crippen LogP contribution in [0.25, 0.3) is 11.4 Å². The van der Waals surface area contributed by atoms with E-state index in [2.05, 4.69) is 15.4 Å². The van der Waals surface area contributed by atoms with E-state index in [1.807, 2.05) is 0 Å². The van der Waals surface area contributed by atoms with Gasteiger partial charge in [0.1, 0.15) is 12.6 Å². The molecule has 8 nitrogen and oxygen atoms in total. The monoisotopic (exact) mass is 323 g/mol. The molecule has 1 unspecified atom stereocenters. The first-order valence-electron chi connectivity index (χ1n) is 6.40. The van der Waals surface area contributed by atoms with Crippen LogP contribution in [-0.2, 0) is 16.1 Å². The third-order valence-corrected chi connectivity index (χ3v) is 3.42. The predicted molar refractivity (Wildman–Crippen MR) is 78.1 cm³/mol. The number of rotatable bonds is 5. The van der Waals surface area contributed by atoms with Crippen LogP contribution in [0.3, 0.4) is 0 Å². The van der Waals surface area contributed by atoms with Crippen molar-refractivity contribution in [1.82, 2.24) is 25.1 Å². The van der Waals surface area contributed by atoms with E-state index in [1.54, 1.807) is 24.3 Å². The number of hydrogen-bond donors (Lipinski definition) is 1. The summed E-state index contributed by atoms with van der Waals surface area (Å²) in [5.74, 6) is -1.14. The van der Waals surface area contributed by atoms with Crippen LogP contribution in [0.2, 0.25) is 5.02 Å². The van der Waals surface area contributed by atoms with Gasteiger partial charge in [-0.3, -0.25) is 4.79 Å². The lowest BCUT2D eigenvalue weighted by atomic mass is 10.2. The molecular formula is C13H14ClN5O3. The SMILES string of the molecule is CC(C(=O)O)N(C)C(=O)Cn1nnc(-c2ccc(Cl)cc2)n1. The lowest BCUT2D eigenvalue weighted by molar-refractivity contribution is -0.148. The highest BCUT2D eigenvalue weighted by Gasteiger charge is 2.22. The van der Waals surface area contributed by atoms with E-state index >= 15 is 0 Å². The average molecular weight is 324 g/mol. The summed E-state index contributed by atoms with van der Waals surface area (Å²) in [6.45, 7) is 1.24. The van der Waals surface area contributed by atoms with Crippen LogP contribution in [0.15, 0.2) is 24.3 Å². The Kier molecular flexibility index (Phi) is 4.71. The summed E-state index contributed by atoms with van der Waals surface area (Å²) in [4.78, 5) is 25.1. The molecule has 0 fully saturated rings. The van der Waals surface area contributed by atoms with Crippen LogP contribution in [0, 0.1) is 0 Å². The minimum Gasteiger partial charge on any atom is -0.480 e. The molecule has 1 aromatic carbocycles. The van der Waals surface area contributed by atoms with Gasteiger partial charge in [0.15, 0.2) is 0 Å². The van der Waals surface area contributed by atoms with Gasteiger partial charge < -0.3 is 10.0 Å². The number of aromatic nitrogens is 4. The summed E-state index contributed by atoms with van der Waals surface area (Å²) < 4.78 is 0. The summed E-state index contributed by atoms with van der Waals surface area (Å²) in [7, 11) is 1.41. The third-order valence-electron chi connectivity index (χ3n) is 3.16. The van der Waals surface area contributed by atoms with Crippen molar-refractivity contribution >= 4 is 23.5 Å². The molecule has 0 aliphatic rings. The van der Waals surface area contributed by atoms with Crippen LogP contribution >= 0.6 is 11.6 Å². The van der Waals surface area contributed by atoms with Gasteiger partial charge in [0.2, 0.25) is 11.7 Å². The van der Waals surface area contributed by atoms with Gasteiger partial charge in [0.25, 0.3) is 0 Å². The van der Waals surface area contributed by atoms with Crippen molar-refractivity contribution in [2.24, 2.45) is 0 Å². The molecule has 116 valence electrons. The van der Waals surface area contributed by atoms with E-state index in [9.17, 15) is 9.59 Å². The Hall–Kier alpha value is -2.48. The number of aliphatic carboxylic acids is 1. The molecule has 0 bridgehead atoms. The molecule has 9 heteroatoms. The molecule has 1 aromatic heterocycles. The molecule has 0 saturated carbocycles. The van der Waals surface area contributed by atoms with Crippen molar-refractivity contribution in [3.63, 3.8) is 0 Å². The van der Waals surface area contributed by atoms with E-state index in [0.29, 0.717) is 10.8 Å². The molecule has 0 saturated heterocycles. The van der Waals surface area contributed by atoms with Crippen molar-refractivity contribution in [3.8, 4) is 11.4 Å². The van der Waals surface area contributed by atoms with Crippen LogP contribution in [0.4, 0.5) is 0 Å².